The van der Waals surface area contributed by atoms with Crippen molar-refractivity contribution in [1.82, 2.24) is 5.32 Å². The minimum Gasteiger partial charge on any atom is -0.388 e. The SMILES string of the molecule is C=C1CC(C)(C)CC(C)=C1c1c(C)cc(F)cc1/C(=C/CC)NC. The molecule has 0 amide bonds. The Labute approximate surface area is 146 Å². The van der Waals surface area contributed by atoms with Gasteiger partial charge in [0.1, 0.15) is 5.82 Å². The summed E-state index contributed by atoms with van der Waals surface area (Å²) in [6, 6.07) is 3.28. The molecule has 1 aromatic rings. The van der Waals surface area contributed by atoms with Crippen LogP contribution in [0, 0.1) is 18.2 Å². The van der Waals surface area contributed by atoms with Crippen LogP contribution < -0.4 is 5.32 Å². The van der Waals surface area contributed by atoms with E-state index in [1.807, 2.05) is 14.0 Å². The summed E-state index contributed by atoms with van der Waals surface area (Å²) in [5, 5.41) is 3.24. The van der Waals surface area contributed by atoms with E-state index < -0.39 is 0 Å². The highest BCUT2D eigenvalue weighted by molar-refractivity contribution is 5.89. The molecule has 0 spiro atoms. The first-order chi connectivity index (χ1) is 11.2. The number of nitrogens with one attached hydrogen (secondary N) is 1. The first-order valence-electron chi connectivity index (χ1n) is 8.77. The molecule has 0 unspecified atom stereocenters. The van der Waals surface area contributed by atoms with Crippen LogP contribution in [-0.4, -0.2) is 7.05 Å². The third-order valence-corrected chi connectivity index (χ3v) is 4.73. The summed E-state index contributed by atoms with van der Waals surface area (Å²) < 4.78 is 14.1. The predicted molar refractivity (Wildman–Crippen MR) is 103 cm³/mol. The van der Waals surface area contributed by atoms with Crippen LogP contribution in [0.2, 0.25) is 0 Å². The van der Waals surface area contributed by atoms with Crippen LogP contribution >= 0.6 is 0 Å². The van der Waals surface area contributed by atoms with Gasteiger partial charge in [-0.1, -0.05) is 39.0 Å². The molecule has 1 aliphatic rings. The molecule has 0 saturated heterocycles. The van der Waals surface area contributed by atoms with Crippen molar-refractivity contribution in [3.05, 3.63) is 58.4 Å². The number of allylic oxidation sites excluding steroid dienone is 4. The van der Waals surface area contributed by atoms with Crippen LogP contribution in [0.25, 0.3) is 11.3 Å². The maximum absolute atomic E-state index is 14.1. The molecule has 1 aromatic carbocycles. The van der Waals surface area contributed by atoms with Crippen molar-refractivity contribution in [1.29, 1.82) is 0 Å². The van der Waals surface area contributed by atoms with E-state index >= 15 is 0 Å². The predicted octanol–water partition coefficient (Wildman–Crippen LogP) is 6.25. The lowest BCUT2D eigenvalue weighted by atomic mass is 9.70. The highest BCUT2D eigenvalue weighted by Gasteiger charge is 2.30. The Balaban J connectivity index is 2.75. The summed E-state index contributed by atoms with van der Waals surface area (Å²) in [6.45, 7) is 15.2. The van der Waals surface area contributed by atoms with Crippen LogP contribution in [0.3, 0.4) is 0 Å². The lowest BCUT2D eigenvalue weighted by molar-refractivity contribution is 0.355. The van der Waals surface area contributed by atoms with E-state index in [0.717, 1.165) is 47.2 Å². The van der Waals surface area contributed by atoms with E-state index in [1.165, 1.54) is 11.1 Å². The van der Waals surface area contributed by atoms with Gasteiger partial charge in [0.25, 0.3) is 0 Å². The monoisotopic (exact) mass is 327 g/mol. The first-order valence-corrected chi connectivity index (χ1v) is 8.77. The largest absolute Gasteiger partial charge is 0.388 e. The molecule has 24 heavy (non-hydrogen) atoms. The summed E-state index contributed by atoms with van der Waals surface area (Å²) in [4.78, 5) is 0. The van der Waals surface area contributed by atoms with Crippen molar-refractivity contribution in [2.24, 2.45) is 5.41 Å². The van der Waals surface area contributed by atoms with Crippen molar-refractivity contribution >= 4 is 11.3 Å². The Morgan fingerprint density at radius 3 is 2.50 bits per heavy atom. The molecule has 0 aliphatic heterocycles. The van der Waals surface area contributed by atoms with Crippen LogP contribution in [-0.2, 0) is 0 Å². The van der Waals surface area contributed by atoms with Crippen molar-refractivity contribution < 1.29 is 4.39 Å². The fourth-order valence-electron chi connectivity index (χ4n) is 4.06. The smallest absolute Gasteiger partial charge is 0.124 e. The maximum Gasteiger partial charge on any atom is 0.124 e. The minimum atomic E-state index is -0.191. The van der Waals surface area contributed by atoms with Crippen molar-refractivity contribution in [3.63, 3.8) is 0 Å². The zero-order valence-corrected chi connectivity index (χ0v) is 15.9. The second kappa shape index (κ2) is 6.96. The molecule has 0 bridgehead atoms. The minimum absolute atomic E-state index is 0.191. The molecule has 130 valence electrons. The standard InChI is InChI=1S/C22H30FN/c1-8-9-19(24-7)18-11-17(23)10-14(2)21(18)20-15(3)12-22(5,6)13-16(20)4/h9-11,24H,3,8,12-13H2,1-2,4-7H3/b19-9-. The van der Waals surface area contributed by atoms with E-state index in [4.69, 9.17) is 0 Å². The lowest BCUT2D eigenvalue weighted by Gasteiger charge is -2.35. The highest BCUT2D eigenvalue weighted by atomic mass is 19.1. The molecule has 0 saturated carbocycles. The van der Waals surface area contributed by atoms with Crippen molar-refractivity contribution in [2.45, 2.75) is 53.9 Å². The van der Waals surface area contributed by atoms with Gasteiger partial charge in [-0.05, 0) is 72.9 Å². The van der Waals surface area contributed by atoms with Gasteiger partial charge in [0.2, 0.25) is 0 Å². The summed E-state index contributed by atoms with van der Waals surface area (Å²) in [5.41, 5.74) is 7.98. The molecule has 0 aromatic heterocycles. The Hall–Kier alpha value is -1.83. The van der Waals surface area contributed by atoms with E-state index in [1.54, 1.807) is 12.1 Å². The number of aryl methyl sites for hydroxylation is 1. The Kier molecular flexibility index (Phi) is 5.37. The average molecular weight is 327 g/mol. The van der Waals surface area contributed by atoms with Gasteiger partial charge in [-0.2, -0.15) is 0 Å². The van der Waals surface area contributed by atoms with Gasteiger partial charge in [0.05, 0.1) is 0 Å². The first kappa shape index (κ1) is 18.5. The van der Waals surface area contributed by atoms with Gasteiger partial charge < -0.3 is 5.32 Å². The quantitative estimate of drug-likeness (QED) is 0.689. The third kappa shape index (κ3) is 3.63. The second-order valence-electron chi connectivity index (χ2n) is 7.70. The Morgan fingerprint density at radius 1 is 1.29 bits per heavy atom. The third-order valence-electron chi connectivity index (χ3n) is 4.73. The lowest BCUT2D eigenvalue weighted by Crippen LogP contribution is -2.20. The number of halogens is 1. The Morgan fingerprint density at radius 2 is 1.96 bits per heavy atom. The van der Waals surface area contributed by atoms with E-state index in [-0.39, 0.29) is 11.2 Å². The van der Waals surface area contributed by atoms with Gasteiger partial charge in [-0.15, -0.1) is 0 Å². The number of hydrogen-bond acceptors (Lipinski definition) is 1. The fraction of sp³-hybridized carbons (Fsp3) is 0.455. The van der Waals surface area contributed by atoms with E-state index in [9.17, 15) is 4.39 Å². The fourth-order valence-corrected chi connectivity index (χ4v) is 4.06. The van der Waals surface area contributed by atoms with Crippen molar-refractivity contribution in [2.75, 3.05) is 7.05 Å². The molecule has 2 heteroatoms. The number of rotatable bonds is 4. The molecular formula is C22H30FN. The molecule has 2 rings (SSSR count). The Bertz CT molecular complexity index is 720. The number of hydrogen-bond donors (Lipinski definition) is 1. The zero-order valence-electron chi connectivity index (χ0n) is 15.9. The van der Waals surface area contributed by atoms with Gasteiger partial charge in [0.15, 0.2) is 0 Å². The summed E-state index contributed by atoms with van der Waals surface area (Å²) in [5.74, 6) is -0.191. The average Bonchev–Trinajstić information content (AvgIpc) is 2.44. The maximum atomic E-state index is 14.1. The van der Waals surface area contributed by atoms with Gasteiger partial charge in [0, 0.05) is 18.3 Å². The second-order valence-corrected chi connectivity index (χ2v) is 7.70. The van der Waals surface area contributed by atoms with Crippen LogP contribution in [0.15, 0.2) is 35.9 Å². The molecule has 1 nitrogen and oxygen atoms in total. The van der Waals surface area contributed by atoms with Gasteiger partial charge >= 0.3 is 0 Å². The summed E-state index contributed by atoms with van der Waals surface area (Å²) in [7, 11) is 1.89. The molecule has 0 radical (unpaired) electrons. The van der Waals surface area contributed by atoms with Gasteiger partial charge in [-0.3, -0.25) is 0 Å². The van der Waals surface area contributed by atoms with E-state index in [0.29, 0.717) is 0 Å². The topological polar surface area (TPSA) is 12.0 Å². The van der Waals surface area contributed by atoms with Gasteiger partial charge in [-0.25, -0.2) is 4.39 Å². The molecular weight excluding hydrogens is 297 g/mol. The van der Waals surface area contributed by atoms with Crippen molar-refractivity contribution in [3.8, 4) is 0 Å². The molecule has 0 atom stereocenters. The molecule has 1 N–H and O–H groups in total. The zero-order chi connectivity index (χ0) is 18.1. The molecule has 1 aliphatic carbocycles. The molecule has 0 heterocycles. The van der Waals surface area contributed by atoms with Crippen LogP contribution in [0.4, 0.5) is 4.39 Å². The van der Waals surface area contributed by atoms with Crippen LogP contribution in [0.5, 0.6) is 0 Å². The summed E-state index contributed by atoms with van der Waals surface area (Å²) in [6.07, 6.45) is 5.03. The van der Waals surface area contributed by atoms with Crippen LogP contribution in [0.1, 0.15) is 63.6 Å². The van der Waals surface area contributed by atoms with E-state index in [2.05, 4.69) is 45.7 Å². The highest BCUT2D eigenvalue weighted by Crippen LogP contribution is 2.46. The number of benzene rings is 1. The summed E-state index contributed by atoms with van der Waals surface area (Å²) >= 11 is 0. The normalized spacial score (nSPS) is 18.1. The molecule has 0 fully saturated rings.